The van der Waals surface area contributed by atoms with Crippen molar-refractivity contribution in [1.29, 1.82) is 0 Å². The number of hydrazone groups is 1. The molecule has 38 heavy (non-hydrogen) atoms. The summed E-state index contributed by atoms with van der Waals surface area (Å²) in [5.41, 5.74) is 10.8. The van der Waals surface area contributed by atoms with E-state index in [0.717, 1.165) is 56.0 Å². The zero-order valence-corrected chi connectivity index (χ0v) is 23.3. The molecule has 0 spiro atoms. The van der Waals surface area contributed by atoms with E-state index >= 15 is 0 Å². The number of carbonyl (C=O) groups is 1. The van der Waals surface area contributed by atoms with Crippen molar-refractivity contribution in [2.24, 2.45) is 15.1 Å². The number of anilines is 1. The molecule has 3 N–H and O–H groups in total. The standard InChI is InChI=1S/C21H22N10O3S4/c1-33-15-3-2-12(8-13(15)10-37-20-23-4-6-35-20)9-25-27-19(32)16-14(11-38-21-24-5-7-36-21)31(30-26-16)18-17(22)28-34-29-18/h2-3,8-9H,4-7,10-11H2,1H3,(H2,22,28)(H,27,32)/b25-9-. The molecule has 1 aromatic carbocycles. The van der Waals surface area contributed by atoms with Crippen molar-refractivity contribution >= 4 is 73.7 Å². The fourth-order valence-electron chi connectivity index (χ4n) is 3.40. The molecule has 0 atom stereocenters. The number of hydrogen-bond donors (Lipinski definition) is 2. The minimum absolute atomic E-state index is 0.0331. The minimum atomic E-state index is -0.528. The number of aromatic nitrogens is 5. The molecule has 0 saturated carbocycles. The van der Waals surface area contributed by atoms with E-state index in [9.17, 15) is 4.79 Å². The first-order chi connectivity index (χ1) is 18.6. The summed E-state index contributed by atoms with van der Waals surface area (Å²) in [6.07, 6.45) is 1.57. The van der Waals surface area contributed by atoms with Crippen LogP contribution in [0.15, 0.2) is 37.9 Å². The Morgan fingerprint density at radius 3 is 2.63 bits per heavy atom. The van der Waals surface area contributed by atoms with Gasteiger partial charge in [0.2, 0.25) is 11.6 Å². The number of hydrogen-bond acceptors (Lipinski definition) is 15. The maximum atomic E-state index is 13.0. The molecule has 2 aliphatic rings. The highest BCUT2D eigenvalue weighted by atomic mass is 32.2. The van der Waals surface area contributed by atoms with E-state index in [-0.39, 0.29) is 17.3 Å². The Morgan fingerprint density at radius 2 is 1.97 bits per heavy atom. The van der Waals surface area contributed by atoms with Gasteiger partial charge in [-0.3, -0.25) is 14.8 Å². The van der Waals surface area contributed by atoms with Crippen LogP contribution in [0, 0.1) is 0 Å². The molecule has 17 heteroatoms. The number of ether oxygens (including phenoxy) is 1. The van der Waals surface area contributed by atoms with Gasteiger partial charge in [0.1, 0.15) is 14.5 Å². The van der Waals surface area contributed by atoms with Crippen LogP contribution in [-0.4, -0.2) is 77.9 Å². The molecule has 5 rings (SSSR count). The van der Waals surface area contributed by atoms with Crippen molar-refractivity contribution in [3.8, 4) is 11.6 Å². The molecular formula is C21H22N10O3S4. The maximum absolute atomic E-state index is 13.0. The lowest BCUT2D eigenvalue weighted by atomic mass is 10.1. The van der Waals surface area contributed by atoms with E-state index in [1.807, 2.05) is 18.2 Å². The van der Waals surface area contributed by atoms with Gasteiger partial charge < -0.3 is 10.5 Å². The number of nitrogen functional groups attached to an aromatic ring is 1. The number of carbonyl (C=O) groups excluding carboxylic acids is 1. The van der Waals surface area contributed by atoms with Gasteiger partial charge in [-0.25, -0.2) is 10.1 Å². The summed E-state index contributed by atoms with van der Waals surface area (Å²) in [5.74, 6) is 3.48. The number of methoxy groups -OCH3 is 1. The summed E-state index contributed by atoms with van der Waals surface area (Å²) < 4.78 is 13.6. The molecule has 0 unspecified atom stereocenters. The number of amides is 1. The van der Waals surface area contributed by atoms with Crippen LogP contribution >= 0.6 is 47.0 Å². The van der Waals surface area contributed by atoms with Gasteiger partial charge in [-0.2, -0.15) is 9.78 Å². The quantitative estimate of drug-likeness (QED) is 0.276. The highest BCUT2D eigenvalue weighted by Crippen LogP contribution is 2.30. The zero-order valence-electron chi connectivity index (χ0n) is 20.1. The highest BCUT2D eigenvalue weighted by molar-refractivity contribution is 8.39. The Labute approximate surface area is 234 Å². The third kappa shape index (κ3) is 6.33. The van der Waals surface area contributed by atoms with E-state index in [1.54, 1.807) is 48.6 Å². The van der Waals surface area contributed by atoms with Gasteiger partial charge in [0.05, 0.1) is 32.1 Å². The third-order valence-corrected chi connectivity index (χ3v) is 9.72. The fourth-order valence-corrected chi connectivity index (χ4v) is 7.39. The number of benzene rings is 1. The van der Waals surface area contributed by atoms with Crippen LogP contribution in [0.1, 0.15) is 27.3 Å². The van der Waals surface area contributed by atoms with Crippen LogP contribution < -0.4 is 15.9 Å². The van der Waals surface area contributed by atoms with Crippen molar-refractivity contribution in [1.82, 2.24) is 30.7 Å². The second-order valence-corrected chi connectivity index (χ2v) is 12.2. The predicted molar refractivity (Wildman–Crippen MR) is 154 cm³/mol. The molecule has 2 aromatic heterocycles. The average Bonchev–Trinajstić information content (AvgIpc) is 3.74. The van der Waals surface area contributed by atoms with Crippen LogP contribution in [0.4, 0.5) is 5.82 Å². The van der Waals surface area contributed by atoms with E-state index in [1.165, 1.54) is 16.4 Å². The summed E-state index contributed by atoms with van der Waals surface area (Å²) in [4.78, 5) is 21.9. The van der Waals surface area contributed by atoms with Crippen LogP contribution in [0.5, 0.6) is 5.75 Å². The normalized spacial score (nSPS) is 15.2. The topological polar surface area (TPSA) is 171 Å². The van der Waals surface area contributed by atoms with Crippen LogP contribution in [0.25, 0.3) is 5.82 Å². The molecule has 0 fully saturated rings. The Balaban J connectivity index is 1.29. The number of rotatable bonds is 9. The lowest BCUT2D eigenvalue weighted by molar-refractivity contribution is 0.0949. The van der Waals surface area contributed by atoms with E-state index in [4.69, 9.17) is 15.1 Å². The zero-order chi connectivity index (χ0) is 26.3. The first-order valence-electron chi connectivity index (χ1n) is 11.3. The number of aliphatic imine (C=N–C) groups is 2. The van der Waals surface area contributed by atoms with Crippen LogP contribution in [0.3, 0.4) is 0 Å². The summed E-state index contributed by atoms with van der Waals surface area (Å²) in [7, 11) is 1.64. The molecule has 0 aliphatic carbocycles. The predicted octanol–water partition coefficient (Wildman–Crippen LogP) is 2.68. The molecule has 3 aromatic rings. The number of nitrogens with zero attached hydrogens (tertiary/aromatic N) is 8. The van der Waals surface area contributed by atoms with Crippen molar-refractivity contribution < 1.29 is 14.2 Å². The van der Waals surface area contributed by atoms with E-state index < -0.39 is 5.91 Å². The maximum Gasteiger partial charge on any atom is 0.293 e. The van der Waals surface area contributed by atoms with Crippen LogP contribution in [0.2, 0.25) is 0 Å². The average molecular weight is 591 g/mol. The van der Waals surface area contributed by atoms with Crippen molar-refractivity contribution in [3.63, 3.8) is 0 Å². The summed E-state index contributed by atoms with van der Waals surface area (Å²) in [6.45, 7) is 1.63. The van der Waals surface area contributed by atoms with Gasteiger partial charge in [-0.1, -0.05) is 52.3 Å². The summed E-state index contributed by atoms with van der Waals surface area (Å²) in [5, 5.41) is 19.6. The van der Waals surface area contributed by atoms with Gasteiger partial charge in [0.15, 0.2) is 5.69 Å². The summed E-state index contributed by atoms with van der Waals surface area (Å²) in [6, 6.07) is 5.72. The Hall–Kier alpha value is -3.02. The molecule has 0 radical (unpaired) electrons. The van der Waals surface area contributed by atoms with Gasteiger partial charge in [-0.05, 0) is 34.1 Å². The van der Waals surface area contributed by atoms with E-state index in [0.29, 0.717) is 11.4 Å². The highest BCUT2D eigenvalue weighted by Gasteiger charge is 2.25. The van der Waals surface area contributed by atoms with Crippen molar-refractivity contribution in [3.05, 3.63) is 40.7 Å². The monoisotopic (exact) mass is 590 g/mol. The lowest BCUT2D eigenvalue weighted by Gasteiger charge is -2.09. The minimum Gasteiger partial charge on any atom is -0.496 e. The molecule has 0 saturated heterocycles. The number of thioether (sulfide) groups is 4. The smallest absolute Gasteiger partial charge is 0.293 e. The summed E-state index contributed by atoms with van der Waals surface area (Å²) >= 11 is 6.59. The largest absolute Gasteiger partial charge is 0.496 e. The SMILES string of the molecule is COc1ccc(/C=N\NC(=O)c2nnn(-c3nonc3N)c2CSC2=NCCS2)cc1CSC1=NCCS1. The molecule has 0 bridgehead atoms. The van der Waals surface area contributed by atoms with Crippen LogP contribution in [-0.2, 0) is 11.5 Å². The molecular weight excluding hydrogens is 569 g/mol. The Bertz CT molecular complexity index is 1400. The number of nitrogens with one attached hydrogen (secondary N) is 1. The van der Waals surface area contributed by atoms with Crippen molar-refractivity contribution in [2.75, 3.05) is 37.4 Å². The first-order valence-corrected chi connectivity index (χ1v) is 15.2. The first kappa shape index (κ1) is 26.6. The third-order valence-electron chi connectivity index (χ3n) is 5.16. The molecule has 13 nitrogen and oxygen atoms in total. The second kappa shape index (κ2) is 12.7. The van der Waals surface area contributed by atoms with Gasteiger partial charge in [0.25, 0.3) is 5.91 Å². The molecule has 2 aliphatic heterocycles. The van der Waals surface area contributed by atoms with Gasteiger partial charge in [-0.15, -0.1) is 5.10 Å². The second-order valence-electron chi connectivity index (χ2n) is 7.61. The Morgan fingerprint density at radius 1 is 1.21 bits per heavy atom. The number of nitrogens with two attached hydrogens (primary N) is 1. The molecule has 198 valence electrons. The fraction of sp³-hybridized carbons (Fsp3) is 0.333. The molecule has 4 heterocycles. The Kier molecular flexibility index (Phi) is 8.87. The van der Waals surface area contributed by atoms with Gasteiger partial charge >= 0.3 is 0 Å². The van der Waals surface area contributed by atoms with E-state index in [2.05, 4.69) is 41.1 Å². The lowest BCUT2D eigenvalue weighted by Crippen LogP contribution is -2.20. The van der Waals surface area contributed by atoms with Gasteiger partial charge in [0, 0.05) is 28.6 Å². The molecule has 1 amide bonds. The van der Waals surface area contributed by atoms with Crippen molar-refractivity contribution in [2.45, 2.75) is 11.5 Å².